The molecule has 0 bridgehead atoms. The molecule has 6 heteroatoms. The predicted octanol–water partition coefficient (Wildman–Crippen LogP) is 1.44. The lowest BCUT2D eigenvalue weighted by Crippen LogP contribution is -2.30. The van der Waals surface area contributed by atoms with Crippen LogP contribution < -0.4 is 10.5 Å². The molecule has 0 radical (unpaired) electrons. The first kappa shape index (κ1) is 11.9. The van der Waals surface area contributed by atoms with Gasteiger partial charge in [-0.25, -0.2) is 13.1 Å². The third-order valence-electron chi connectivity index (χ3n) is 2.35. The monoisotopic (exact) mass is 253 g/mol. The summed E-state index contributed by atoms with van der Waals surface area (Å²) in [5.41, 5.74) is 6.96. The van der Waals surface area contributed by atoms with E-state index in [9.17, 15) is 8.42 Å². The molecular formula is C11H15N3O2S. The van der Waals surface area contributed by atoms with Crippen LogP contribution in [0.2, 0.25) is 0 Å². The Morgan fingerprint density at radius 2 is 2.06 bits per heavy atom. The van der Waals surface area contributed by atoms with Crippen molar-refractivity contribution in [3.63, 3.8) is 0 Å². The van der Waals surface area contributed by atoms with E-state index < -0.39 is 10.0 Å². The SMILES string of the molecule is CC(C)NS(=O)(=O)c1c[nH]c2ccc(N)cc12. The van der Waals surface area contributed by atoms with Gasteiger partial charge in [-0.1, -0.05) is 0 Å². The van der Waals surface area contributed by atoms with E-state index in [1.165, 1.54) is 6.20 Å². The zero-order chi connectivity index (χ0) is 12.6. The minimum absolute atomic E-state index is 0.147. The first-order chi connectivity index (χ1) is 7.90. The van der Waals surface area contributed by atoms with Crippen LogP contribution in [-0.2, 0) is 10.0 Å². The zero-order valence-corrected chi connectivity index (χ0v) is 10.5. The maximum atomic E-state index is 12.1. The summed E-state index contributed by atoms with van der Waals surface area (Å²) in [6.07, 6.45) is 1.48. The standard InChI is InChI=1S/C11H15N3O2S/c1-7(2)14-17(15,16)11-6-13-10-4-3-8(12)5-9(10)11/h3-7,13-14H,12H2,1-2H3. The third kappa shape index (κ3) is 2.27. The number of hydrogen-bond donors (Lipinski definition) is 3. The third-order valence-corrected chi connectivity index (χ3v) is 4.05. The molecule has 0 saturated heterocycles. The Kier molecular flexibility index (Phi) is 2.84. The van der Waals surface area contributed by atoms with Crippen LogP contribution in [0.3, 0.4) is 0 Å². The van der Waals surface area contributed by atoms with E-state index in [-0.39, 0.29) is 10.9 Å². The highest BCUT2D eigenvalue weighted by atomic mass is 32.2. The molecule has 0 amide bonds. The highest BCUT2D eigenvalue weighted by Crippen LogP contribution is 2.24. The summed E-state index contributed by atoms with van der Waals surface area (Å²) in [5.74, 6) is 0. The largest absolute Gasteiger partial charge is 0.399 e. The van der Waals surface area contributed by atoms with Crippen molar-refractivity contribution < 1.29 is 8.42 Å². The van der Waals surface area contributed by atoms with Crippen LogP contribution in [0, 0.1) is 0 Å². The first-order valence-corrected chi connectivity index (χ1v) is 6.77. The number of anilines is 1. The normalized spacial score (nSPS) is 12.4. The van der Waals surface area contributed by atoms with Gasteiger partial charge in [-0.15, -0.1) is 0 Å². The van der Waals surface area contributed by atoms with Crippen molar-refractivity contribution >= 4 is 26.6 Å². The Balaban J connectivity index is 2.60. The lowest BCUT2D eigenvalue weighted by molar-refractivity contribution is 0.571. The quantitative estimate of drug-likeness (QED) is 0.723. The Hall–Kier alpha value is -1.53. The summed E-state index contributed by atoms with van der Waals surface area (Å²) in [6.45, 7) is 3.56. The zero-order valence-electron chi connectivity index (χ0n) is 9.69. The molecule has 5 nitrogen and oxygen atoms in total. The second kappa shape index (κ2) is 4.05. The smallest absolute Gasteiger partial charge is 0.242 e. The number of nitrogen functional groups attached to an aromatic ring is 1. The van der Waals surface area contributed by atoms with Gasteiger partial charge in [0.1, 0.15) is 4.90 Å². The van der Waals surface area contributed by atoms with Crippen molar-refractivity contribution in [2.45, 2.75) is 24.8 Å². The highest BCUT2D eigenvalue weighted by molar-refractivity contribution is 7.89. The Morgan fingerprint density at radius 1 is 1.35 bits per heavy atom. The van der Waals surface area contributed by atoms with E-state index in [0.29, 0.717) is 11.1 Å². The molecular weight excluding hydrogens is 238 g/mol. The maximum Gasteiger partial charge on any atom is 0.242 e. The van der Waals surface area contributed by atoms with Gasteiger partial charge in [0.15, 0.2) is 0 Å². The fourth-order valence-electron chi connectivity index (χ4n) is 1.71. The van der Waals surface area contributed by atoms with Crippen molar-refractivity contribution in [1.82, 2.24) is 9.71 Å². The van der Waals surface area contributed by atoms with Crippen molar-refractivity contribution in [2.75, 3.05) is 5.73 Å². The topological polar surface area (TPSA) is 88.0 Å². The van der Waals surface area contributed by atoms with Crippen LogP contribution in [-0.4, -0.2) is 19.4 Å². The Bertz CT molecular complexity index is 644. The van der Waals surface area contributed by atoms with Crippen molar-refractivity contribution in [1.29, 1.82) is 0 Å². The number of sulfonamides is 1. The van der Waals surface area contributed by atoms with Gasteiger partial charge in [0.25, 0.3) is 0 Å². The second-order valence-corrected chi connectivity index (χ2v) is 5.92. The average molecular weight is 253 g/mol. The number of aromatic nitrogens is 1. The fourth-order valence-corrected chi connectivity index (χ4v) is 3.13. The number of nitrogens with one attached hydrogen (secondary N) is 2. The summed E-state index contributed by atoms with van der Waals surface area (Å²) in [4.78, 5) is 3.15. The summed E-state index contributed by atoms with van der Waals surface area (Å²) in [7, 11) is -3.50. The summed E-state index contributed by atoms with van der Waals surface area (Å²) >= 11 is 0. The summed E-state index contributed by atoms with van der Waals surface area (Å²) in [5, 5.41) is 0.609. The Morgan fingerprint density at radius 3 is 2.71 bits per heavy atom. The molecule has 0 aliphatic heterocycles. The van der Waals surface area contributed by atoms with Crippen LogP contribution in [0.4, 0.5) is 5.69 Å². The van der Waals surface area contributed by atoms with Gasteiger partial charge in [0.05, 0.1) is 0 Å². The molecule has 1 aromatic carbocycles. The molecule has 0 aliphatic carbocycles. The molecule has 2 rings (SSSR count). The van der Waals surface area contributed by atoms with Crippen LogP contribution in [0.1, 0.15) is 13.8 Å². The first-order valence-electron chi connectivity index (χ1n) is 5.29. The minimum Gasteiger partial charge on any atom is -0.399 e. The van der Waals surface area contributed by atoms with E-state index in [1.807, 2.05) is 0 Å². The molecule has 0 atom stereocenters. The van der Waals surface area contributed by atoms with Crippen molar-refractivity contribution in [2.24, 2.45) is 0 Å². The number of benzene rings is 1. The van der Waals surface area contributed by atoms with Gasteiger partial charge in [-0.05, 0) is 32.0 Å². The highest BCUT2D eigenvalue weighted by Gasteiger charge is 2.19. The molecule has 0 saturated carbocycles. The van der Waals surface area contributed by atoms with Crippen LogP contribution in [0.15, 0.2) is 29.3 Å². The lowest BCUT2D eigenvalue weighted by Gasteiger charge is -2.08. The number of aromatic amines is 1. The lowest BCUT2D eigenvalue weighted by atomic mass is 10.2. The maximum absolute atomic E-state index is 12.1. The molecule has 1 aromatic heterocycles. The number of H-pyrrole nitrogens is 1. The molecule has 1 heterocycles. The molecule has 17 heavy (non-hydrogen) atoms. The number of nitrogens with two attached hydrogens (primary N) is 1. The number of rotatable bonds is 3. The number of hydrogen-bond acceptors (Lipinski definition) is 3. The second-order valence-electron chi connectivity index (χ2n) is 4.23. The molecule has 0 aliphatic rings. The van der Waals surface area contributed by atoms with E-state index in [4.69, 9.17) is 5.73 Å². The molecule has 2 aromatic rings. The molecule has 92 valence electrons. The molecule has 0 unspecified atom stereocenters. The molecule has 0 spiro atoms. The van der Waals surface area contributed by atoms with Gasteiger partial charge >= 0.3 is 0 Å². The Labute approximate surface area is 100 Å². The minimum atomic E-state index is -3.50. The van der Waals surface area contributed by atoms with Crippen molar-refractivity contribution in [3.8, 4) is 0 Å². The van der Waals surface area contributed by atoms with Crippen LogP contribution >= 0.6 is 0 Å². The van der Waals surface area contributed by atoms with Crippen molar-refractivity contribution in [3.05, 3.63) is 24.4 Å². The van der Waals surface area contributed by atoms with E-state index >= 15 is 0 Å². The van der Waals surface area contributed by atoms with Gasteiger partial charge in [-0.2, -0.15) is 0 Å². The van der Waals surface area contributed by atoms with E-state index in [0.717, 1.165) is 5.52 Å². The average Bonchev–Trinajstić information content (AvgIpc) is 2.58. The van der Waals surface area contributed by atoms with E-state index in [1.54, 1.807) is 32.0 Å². The van der Waals surface area contributed by atoms with Gasteiger partial charge in [0, 0.05) is 28.8 Å². The summed E-state index contributed by atoms with van der Waals surface area (Å²) in [6, 6.07) is 5.00. The van der Waals surface area contributed by atoms with E-state index in [2.05, 4.69) is 9.71 Å². The fraction of sp³-hybridized carbons (Fsp3) is 0.273. The summed E-state index contributed by atoms with van der Waals surface area (Å²) < 4.78 is 26.7. The van der Waals surface area contributed by atoms with Crippen LogP contribution in [0.5, 0.6) is 0 Å². The van der Waals surface area contributed by atoms with Crippen LogP contribution in [0.25, 0.3) is 10.9 Å². The van der Waals surface area contributed by atoms with Gasteiger partial charge in [0.2, 0.25) is 10.0 Å². The van der Waals surface area contributed by atoms with Gasteiger partial charge < -0.3 is 10.7 Å². The number of fused-ring (bicyclic) bond motifs is 1. The molecule has 4 N–H and O–H groups in total. The van der Waals surface area contributed by atoms with Gasteiger partial charge in [-0.3, -0.25) is 0 Å². The molecule has 0 fully saturated rings. The predicted molar refractivity (Wildman–Crippen MR) is 68.2 cm³/mol.